The monoisotopic (exact) mass is 294 g/mol. The highest BCUT2D eigenvalue weighted by molar-refractivity contribution is 6.30. The van der Waals surface area contributed by atoms with Gasteiger partial charge in [0, 0.05) is 17.6 Å². The summed E-state index contributed by atoms with van der Waals surface area (Å²) in [7, 11) is 0. The number of hydrogen-bond donors (Lipinski definition) is 1. The molecule has 0 atom stereocenters. The number of hydrogen-bond acceptors (Lipinski definition) is 4. The Bertz CT molecular complexity index is 651. The van der Waals surface area contributed by atoms with Crippen molar-refractivity contribution in [3.05, 3.63) is 51.4 Å². The van der Waals surface area contributed by atoms with Crippen LogP contribution in [0.1, 0.15) is 5.82 Å². The van der Waals surface area contributed by atoms with E-state index in [0.29, 0.717) is 16.5 Å². The molecule has 2 rings (SSSR count). The summed E-state index contributed by atoms with van der Waals surface area (Å²) in [6, 6.07) is 6.58. The maximum Gasteiger partial charge on any atom is 0.343 e. The lowest BCUT2D eigenvalue weighted by Crippen LogP contribution is -2.20. The predicted octanol–water partition coefficient (Wildman–Crippen LogP) is 2.39. The second-order valence-electron chi connectivity index (χ2n) is 4.06. The van der Waals surface area contributed by atoms with Crippen molar-refractivity contribution in [2.24, 2.45) is 0 Å². The number of halogens is 1. The van der Waals surface area contributed by atoms with Crippen molar-refractivity contribution in [3.8, 4) is 0 Å². The summed E-state index contributed by atoms with van der Waals surface area (Å²) in [4.78, 5) is 25.9. The Kier molecular flexibility index (Phi) is 3.99. The highest BCUT2D eigenvalue weighted by Crippen LogP contribution is 2.15. The zero-order valence-electron chi connectivity index (χ0n) is 10.5. The van der Waals surface area contributed by atoms with Gasteiger partial charge in [0.25, 0.3) is 5.91 Å². The fourth-order valence-corrected chi connectivity index (χ4v) is 1.80. The van der Waals surface area contributed by atoms with Crippen LogP contribution in [0.15, 0.2) is 30.5 Å². The second kappa shape index (κ2) is 5.70. The molecule has 1 aromatic heterocycles. The third-order valence-electron chi connectivity index (χ3n) is 2.65. The SMILES string of the molecule is Cc1ncc([N+](=O)[O-])n1CC(=O)Nc1ccc(Cl)cc1. The van der Waals surface area contributed by atoms with Gasteiger partial charge in [-0.2, -0.15) is 0 Å². The number of carbonyl (C=O) groups excluding carboxylic acids is 1. The van der Waals surface area contributed by atoms with E-state index >= 15 is 0 Å². The van der Waals surface area contributed by atoms with Crippen LogP contribution in [0.5, 0.6) is 0 Å². The van der Waals surface area contributed by atoms with Crippen LogP contribution in [0.25, 0.3) is 0 Å². The first kappa shape index (κ1) is 14.0. The Balaban J connectivity index is 2.10. The molecular weight excluding hydrogens is 284 g/mol. The van der Waals surface area contributed by atoms with Crippen molar-refractivity contribution < 1.29 is 9.72 Å². The summed E-state index contributed by atoms with van der Waals surface area (Å²) in [5.74, 6) is -0.187. The van der Waals surface area contributed by atoms with E-state index in [1.54, 1.807) is 31.2 Å². The molecule has 0 bridgehead atoms. The highest BCUT2D eigenvalue weighted by Gasteiger charge is 2.20. The minimum absolute atomic E-state index is 0.176. The van der Waals surface area contributed by atoms with Crippen LogP contribution in [-0.2, 0) is 11.3 Å². The van der Waals surface area contributed by atoms with Crippen LogP contribution < -0.4 is 5.32 Å². The summed E-state index contributed by atoms with van der Waals surface area (Å²) in [5.41, 5.74) is 0.569. The van der Waals surface area contributed by atoms with Gasteiger partial charge in [0.15, 0.2) is 12.4 Å². The first-order chi connectivity index (χ1) is 9.47. The summed E-state index contributed by atoms with van der Waals surface area (Å²) >= 11 is 5.74. The average molecular weight is 295 g/mol. The number of carbonyl (C=O) groups is 1. The number of benzene rings is 1. The summed E-state index contributed by atoms with van der Waals surface area (Å²) in [6.07, 6.45) is 1.13. The summed E-state index contributed by atoms with van der Waals surface area (Å²) < 4.78 is 1.24. The number of rotatable bonds is 4. The minimum atomic E-state index is -0.574. The molecular formula is C12H11ClN4O3. The zero-order chi connectivity index (χ0) is 14.7. The Morgan fingerprint density at radius 1 is 1.45 bits per heavy atom. The Hall–Kier alpha value is -2.41. The number of imidazole rings is 1. The third-order valence-corrected chi connectivity index (χ3v) is 2.90. The fraction of sp³-hybridized carbons (Fsp3) is 0.167. The van der Waals surface area contributed by atoms with Gasteiger partial charge in [-0.25, -0.2) is 9.55 Å². The highest BCUT2D eigenvalue weighted by atomic mass is 35.5. The van der Waals surface area contributed by atoms with Gasteiger partial charge < -0.3 is 15.4 Å². The Morgan fingerprint density at radius 2 is 2.10 bits per heavy atom. The predicted molar refractivity (Wildman–Crippen MR) is 73.7 cm³/mol. The number of nitrogens with zero attached hydrogens (tertiary/aromatic N) is 3. The van der Waals surface area contributed by atoms with Gasteiger partial charge in [-0.15, -0.1) is 0 Å². The molecule has 0 radical (unpaired) electrons. The molecule has 8 heteroatoms. The van der Waals surface area contributed by atoms with Crippen LogP contribution in [0, 0.1) is 17.0 Å². The second-order valence-corrected chi connectivity index (χ2v) is 4.50. The van der Waals surface area contributed by atoms with E-state index in [-0.39, 0.29) is 18.3 Å². The molecule has 7 nitrogen and oxygen atoms in total. The maximum atomic E-state index is 11.9. The topological polar surface area (TPSA) is 90.1 Å². The van der Waals surface area contributed by atoms with Crippen molar-refractivity contribution >= 4 is 29.0 Å². The average Bonchev–Trinajstić information content (AvgIpc) is 2.74. The molecule has 0 fully saturated rings. The maximum absolute atomic E-state index is 11.9. The molecule has 0 aliphatic carbocycles. The minimum Gasteiger partial charge on any atom is -0.358 e. The largest absolute Gasteiger partial charge is 0.358 e. The molecule has 1 aromatic carbocycles. The number of aromatic nitrogens is 2. The van der Waals surface area contributed by atoms with Gasteiger partial charge in [0.2, 0.25) is 0 Å². The van der Waals surface area contributed by atoms with Gasteiger partial charge >= 0.3 is 5.82 Å². The van der Waals surface area contributed by atoms with Crippen LogP contribution in [-0.4, -0.2) is 20.4 Å². The molecule has 0 spiro atoms. The standard InChI is InChI=1S/C12H11ClN4O3/c1-8-14-6-12(17(19)20)16(8)7-11(18)15-10-4-2-9(13)3-5-10/h2-6H,7H2,1H3,(H,15,18). The lowest BCUT2D eigenvalue weighted by Gasteiger charge is -2.05. The number of anilines is 1. The molecule has 0 aliphatic rings. The molecule has 0 unspecified atom stereocenters. The van der Waals surface area contributed by atoms with Crippen molar-refractivity contribution in [2.45, 2.75) is 13.5 Å². The van der Waals surface area contributed by atoms with Crippen LogP contribution >= 0.6 is 11.6 Å². The van der Waals surface area contributed by atoms with Crippen molar-refractivity contribution in [1.82, 2.24) is 9.55 Å². The lowest BCUT2D eigenvalue weighted by molar-refractivity contribution is -0.392. The van der Waals surface area contributed by atoms with Crippen molar-refractivity contribution in [2.75, 3.05) is 5.32 Å². The van der Waals surface area contributed by atoms with Crippen LogP contribution in [0.4, 0.5) is 11.5 Å². The van der Waals surface area contributed by atoms with Crippen molar-refractivity contribution in [3.63, 3.8) is 0 Å². The normalized spacial score (nSPS) is 10.3. The van der Waals surface area contributed by atoms with E-state index in [4.69, 9.17) is 11.6 Å². The summed E-state index contributed by atoms with van der Waals surface area (Å²) in [6.45, 7) is 1.42. The quantitative estimate of drug-likeness (QED) is 0.692. The van der Waals surface area contributed by atoms with Gasteiger partial charge in [-0.05, 0) is 29.2 Å². The van der Waals surface area contributed by atoms with Gasteiger partial charge in [0.05, 0.1) is 0 Å². The van der Waals surface area contributed by atoms with Crippen molar-refractivity contribution in [1.29, 1.82) is 0 Å². The lowest BCUT2D eigenvalue weighted by atomic mass is 10.3. The molecule has 1 N–H and O–H groups in total. The molecule has 1 heterocycles. The van der Waals surface area contributed by atoms with E-state index in [0.717, 1.165) is 6.20 Å². The number of nitrogens with one attached hydrogen (secondary N) is 1. The van der Waals surface area contributed by atoms with E-state index in [1.807, 2.05) is 0 Å². The van der Waals surface area contributed by atoms with Crippen LogP contribution in [0.3, 0.4) is 0 Å². The number of aryl methyl sites for hydroxylation is 1. The molecule has 20 heavy (non-hydrogen) atoms. The first-order valence-electron chi connectivity index (χ1n) is 5.69. The van der Waals surface area contributed by atoms with E-state index in [1.165, 1.54) is 4.57 Å². The van der Waals surface area contributed by atoms with Gasteiger partial charge in [-0.3, -0.25) is 4.79 Å². The zero-order valence-corrected chi connectivity index (χ0v) is 11.3. The molecule has 0 aliphatic heterocycles. The molecule has 2 aromatic rings. The molecule has 104 valence electrons. The van der Waals surface area contributed by atoms with Crippen LogP contribution in [0.2, 0.25) is 5.02 Å². The Labute approximate surface area is 119 Å². The van der Waals surface area contributed by atoms with E-state index in [2.05, 4.69) is 10.3 Å². The smallest absolute Gasteiger partial charge is 0.343 e. The third kappa shape index (κ3) is 3.12. The molecule has 0 saturated carbocycles. The van der Waals surface area contributed by atoms with Gasteiger partial charge in [0.1, 0.15) is 6.20 Å². The molecule has 0 saturated heterocycles. The molecule has 1 amide bonds. The summed E-state index contributed by atoms with van der Waals surface area (Å²) in [5, 5.41) is 14.0. The Morgan fingerprint density at radius 3 is 2.70 bits per heavy atom. The fourth-order valence-electron chi connectivity index (χ4n) is 1.67. The number of amides is 1. The van der Waals surface area contributed by atoms with E-state index < -0.39 is 4.92 Å². The van der Waals surface area contributed by atoms with E-state index in [9.17, 15) is 14.9 Å². The first-order valence-corrected chi connectivity index (χ1v) is 6.07. The number of nitro groups is 1. The van der Waals surface area contributed by atoms with Gasteiger partial charge in [-0.1, -0.05) is 11.6 Å².